The summed E-state index contributed by atoms with van der Waals surface area (Å²) in [4.78, 5) is 14.2. The maximum atomic E-state index is 13.3. The Balaban J connectivity index is 1.43. The summed E-state index contributed by atoms with van der Waals surface area (Å²) in [5.41, 5.74) is 1.51. The van der Waals surface area contributed by atoms with E-state index in [-0.39, 0.29) is 17.5 Å². The maximum Gasteiger partial charge on any atom is 0.238 e. The van der Waals surface area contributed by atoms with E-state index < -0.39 is 0 Å². The second-order valence-electron chi connectivity index (χ2n) is 6.61. The molecule has 1 aliphatic rings. The highest BCUT2D eigenvalue weighted by Gasteiger charge is 2.21. The van der Waals surface area contributed by atoms with Crippen molar-refractivity contribution in [2.75, 3.05) is 25.0 Å². The topological polar surface area (TPSA) is 32.3 Å². The van der Waals surface area contributed by atoms with E-state index in [4.69, 9.17) is 0 Å². The zero-order valence-corrected chi connectivity index (χ0v) is 14.1. The third-order valence-corrected chi connectivity index (χ3v) is 4.60. The fraction of sp³-hybridized carbons (Fsp3) is 0.350. The number of anilines is 1. The number of halogens is 2. The number of carbonyl (C=O) groups is 1. The van der Waals surface area contributed by atoms with Crippen molar-refractivity contribution in [1.29, 1.82) is 0 Å². The number of nitrogens with zero attached hydrogens (tertiary/aromatic N) is 1. The van der Waals surface area contributed by atoms with Crippen molar-refractivity contribution in [1.82, 2.24) is 4.90 Å². The van der Waals surface area contributed by atoms with Gasteiger partial charge in [-0.2, -0.15) is 0 Å². The van der Waals surface area contributed by atoms with E-state index in [2.05, 4.69) is 10.2 Å². The standard InChI is InChI=1S/C20H22F2N2O/c21-17-4-1-3-16(12-17)11-15-7-9-24(10-8-15)14-20(25)23-19-6-2-5-18(22)13-19/h1-6,12-13,15H,7-11,14H2,(H,23,25). The molecule has 1 N–H and O–H groups in total. The van der Waals surface area contributed by atoms with Crippen LogP contribution in [0.1, 0.15) is 18.4 Å². The Labute approximate surface area is 146 Å². The van der Waals surface area contributed by atoms with Crippen LogP contribution in [0.15, 0.2) is 48.5 Å². The van der Waals surface area contributed by atoms with Gasteiger partial charge in [-0.1, -0.05) is 18.2 Å². The molecule has 25 heavy (non-hydrogen) atoms. The van der Waals surface area contributed by atoms with Gasteiger partial charge in [0.1, 0.15) is 11.6 Å². The zero-order valence-electron chi connectivity index (χ0n) is 14.1. The molecule has 1 saturated heterocycles. The van der Waals surface area contributed by atoms with Crippen LogP contribution in [-0.2, 0) is 11.2 Å². The molecular weight excluding hydrogens is 322 g/mol. The first-order valence-corrected chi connectivity index (χ1v) is 8.61. The minimum Gasteiger partial charge on any atom is -0.325 e. The first kappa shape index (κ1) is 17.5. The number of carbonyl (C=O) groups excluding carboxylic acids is 1. The number of nitrogens with one attached hydrogen (secondary N) is 1. The minimum absolute atomic E-state index is 0.130. The molecule has 132 valence electrons. The van der Waals surface area contributed by atoms with E-state index in [1.165, 1.54) is 18.2 Å². The van der Waals surface area contributed by atoms with E-state index in [1.54, 1.807) is 24.3 Å². The summed E-state index contributed by atoms with van der Waals surface area (Å²) in [5.74, 6) is -0.168. The molecule has 2 aromatic rings. The largest absolute Gasteiger partial charge is 0.325 e. The minimum atomic E-state index is -0.365. The predicted octanol–water partition coefficient (Wildman–Crippen LogP) is 3.86. The molecule has 0 saturated carbocycles. The van der Waals surface area contributed by atoms with Crippen LogP contribution in [0.2, 0.25) is 0 Å². The Hall–Kier alpha value is -2.27. The average Bonchev–Trinajstić information content (AvgIpc) is 2.57. The van der Waals surface area contributed by atoms with Gasteiger partial charge in [-0.3, -0.25) is 9.69 Å². The van der Waals surface area contributed by atoms with Crippen LogP contribution in [0.3, 0.4) is 0 Å². The SMILES string of the molecule is O=C(CN1CCC(Cc2cccc(F)c2)CC1)Nc1cccc(F)c1. The van der Waals surface area contributed by atoms with Crippen LogP contribution < -0.4 is 5.32 Å². The number of piperidine rings is 1. The first-order valence-electron chi connectivity index (χ1n) is 8.61. The van der Waals surface area contributed by atoms with Crippen LogP contribution in [0.5, 0.6) is 0 Å². The maximum absolute atomic E-state index is 13.3. The van der Waals surface area contributed by atoms with Crippen LogP contribution in [0.25, 0.3) is 0 Å². The van der Waals surface area contributed by atoms with Gasteiger partial charge in [0, 0.05) is 5.69 Å². The lowest BCUT2D eigenvalue weighted by molar-refractivity contribution is -0.117. The molecule has 5 heteroatoms. The van der Waals surface area contributed by atoms with Crippen molar-refractivity contribution < 1.29 is 13.6 Å². The third kappa shape index (κ3) is 5.36. The van der Waals surface area contributed by atoms with Crippen LogP contribution in [0, 0.1) is 17.6 Å². The predicted molar refractivity (Wildman–Crippen MR) is 94.3 cm³/mol. The van der Waals surface area contributed by atoms with Gasteiger partial charge in [-0.15, -0.1) is 0 Å². The van der Waals surface area contributed by atoms with Gasteiger partial charge < -0.3 is 5.32 Å². The van der Waals surface area contributed by atoms with Gasteiger partial charge in [-0.25, -0.2) is 8.78 Å². The van der Waals surface area contributed by atoms with Crippen LogP contribution >= 0.6 is 0 Å². The molecule has 0 radical (unpaired) electrons. The van der Waals surface area contributed by atoms with E-state index >= 15 is 0 Å². The van der Waals surface area contributed by atoms with E-state index in [0.29, 0.717) is 18.2 Å². The molecule has 0 unspecified atom stereocenters. The van der Waals surface area contributed by atoms with Crippen molar-refractivity contribution in [3.05, 3.63) is 65.7 Å². The Morgan fingerprint density at radius 3 is 2.40 bits per heavy atom. The fourth-order valence-electron chi connectivity index (χ4n) is 3.32. The molecule has 0 bridgehead atoms. The van der Waals surface area contributed by atoms with Gasteiger partial charge in [0.15, 0.2) is 0 Å². The molecular formula is C20H22F2N2O. The summed E-state index contributed by atoms with van der Waals surface area (Å²) in [6, 6.07) is 12.7. The van der Waals surface area contributed by atoms with E-state index in [9.17, 15) is 13.6 Å². The molecule has 1 fully saturated rings. The molecule has 0 spiro atoms. The summed E-state index contributed by atoms with van der Waals surface area (Å²) in [5, 5.41) is 2.73. The second kappa shape index (κ2) is 8.21. The van der Waals surface area contributed by atoms with Crippen molar-refractivity contribution in [2.45, 2.75) is 19.3 Å². The van der Waals surface area contributed by atoms with Gasteiger partial charge in [0.2, 0.25) is 5.91 Å². The fourth-order valence-corrected chi connectivity index (χ4v) is 3.32. The summed E-state index contributed by atoms with van der Waals surface area (Å²) in [6.07, 6.45) is 2.86. The molecule has 3 rings (SSSR count). The van der Waals surface area contributed by atoms with Crippen molar-refractivity contribution in [3.63, 3.8) is 0 Å². The Bertz CT molecular complexity index is 727. The molecule has 1 heterocycles. The number of likely N-dealkylation sites (tertiary alicyclic amines) is 1. The number of rotatable bonds is 5. The number of benzene rings is 2. The Kier molecular flexibility index (Phi) is 5.76. The Morgan fingerprint density at radius 1 is 1.04 bits per heavy atom. The highest BCUT2D eigenvalue weighted by atomic mass is 19.1. The summed E-state index contributed by atoms with van der Waals surface area (Å²) < 4.78 is 26.4. The first-order chi connectivity index (χ1) is 12.1. The van der Waals surface area contributed by atoms with Crippen molar-refractivity contribution >= 4 is 11.6 Å². The quantitative estimate of drug-likeness (QED) is 0.893. The molecule has 0 aliphatic carbocycles. The van der Waals surface area contributed by atoms with Gasteiger partial charge in [-0.05, 0) is 74.2 Å². The summed E-state index contributed by atoms with van der Waals surface area (Å²) in [6.45, 7) is 2.00. The van der Waals surface area contributed by atoms with Gasteiger partial charge >= 0.3 is 0 Å². The normalized spacial score (nSPS) is 15.9. The third-order valence-electron chi connectivity index (χ3n) is 4.60. The highest BCUT2D eigenvalue weighted by Crippen LogP contribution is 2.22. The van der Waals surface area contributed by atoms with Crippen LogP contribution in [-0.4, -0.2) is 30.4 Å². The molecule has 1 amide bonds. The molecule has 0 atom stereocenters. The van der Waals surface area contributed by atoms with Gasteiger partial charge in [0.25, 0.3) is 0 Å². The lowest BCUT2D eigenvalue weighted by Gasteiger charge is -2.31. The monoisotopic (exact) mass is 344 g/mol. The Morgan fingerprint density at radius 2 is 1.72 bits per heavy atom. The van der Waals surface area contributed by atoms with E-state index in [1.807, 2.05) is 6.07 Å². The molecule has 1 aliphatic heterocycles. The summed E-state index contributed by atoms with van der Waals surface area (Å²) in [7, 11) is 0. The molecule has 3 nitrogen and oxygen atoms in total. The smallest absolute Gasteiger partial charge is 0.238 e. The van der Waals surface area contributed by atoms with Crippen molar-refractivity contribution in [3.8, 4) is 0 Å². The lowest BCUT2D eigenvalue weighted by atomic mass is 9.90. The second-order valence-corrected chi connectivity index (χ2v) is 6.61. The average molecular weight is 344 g/mol. The van der Waals surface area contributed by atoms with Crippen LogP contribution in [0.4, 0.5) is 14.5 Å². The summed E-state index contributed by atoms with van der Waals surface area (Å²) >= 11 is 0. The van der Waals surface area contributed by atoms with E-state index in [0.717, 1.165) is 37.9 Å². The number of amides is 1. The zero-order chi connectivity index (χ0) is 17.6. The highest BCUT2D eigenvalue weighted by molar-refractivity contribution is 5.92. The lowest BCUT2D eigenvalue weighted by Crippen LogP contribution is -2.39. The van der Waals surface area contributed by atoms with Gasteiger partial charge in [0.05, 0.1) is 6.54 Å². The molecule has 2 aromatic carbocycles. The van der Waals surface area contributed by atoms with Crippen molar-refractivity contribution in [2.24, 2.45) is 5.92 Å². The molecule has 0 aromatic heterocycles. The number of hydrogen-bond acceptors (Lipinski definition) is 2. The number of hydrogen-bond donors (Lipinski definition) is 1.